The molecule has 1 fully saturated rings. The summed E-state index contributed by atoms with van der Waals surface area (Å²) >= 11 is 0. The van der Waals surface area contributed by atoms with Crippen molar-refractivity contribution in [2.45, 2.75) is 58.4 Å². The van der Waals surface area contributed by atoms with Crippen LogP contribution in [0.2, 0.25) is 0 Å². The minimum Gasteiger partial charge on any atom is -0.396 e. The van der Waals surface area contributed by atoms with E-state index in [1.165, 1.54) is 0 Å². The molecule has 5 nitrogen and oxygen atoms in total. The Morgan fingerprint density at radius 2 is 2.00 bits per heavy atom. The summed E-state index contributed by atoms with van der Waals surface area (Å²) in [6.07, 6.45) is 4.92. The first kappa shape index (κ1) is 17.0. The zero-order valence-corrected chi connectivity index (χ0v) is 12.7. The highest BCUT2D eigenvalue weighted by molar-refractivity contribution is 5.76. The van der Waals surface area contributed by atoms with Crippen LogP contribution in [0.1, 0.15) is 52.4 Å². The maximum absolute atomic E-state index is 11.8. The molecule has 1 unspecified atom stereocenters. The molecule has 0 aromatic carbocycles. The number of likely N-dealkylation sites (tertiary alicyclic amines) is 1. The molecule has 1 aliphatic heterocycles. The zero-order chi connectivity index (χ0) is 15.0. The predicted octanol–water partition coefficient (Wildman–Crippen LogP) is 1.30. The van der Waals surface area contributed by atoms with Crippen LogP contribution >= 0.6 is 0 Å². The summed E-state index contributed by atoms with van der Waals surface area (Å²) in [6, 6.07) is 0.0899. The van der Waals surface area contributed by atoms with Crippen molar-refractivity contribution in [3.63, 3.8) is 0 Å². The molecule has 0 saturated carbocycles. The van der Waals surface area contributed by atoms with Crippen LogP contribution in [-0.4, -0.2) is 47.6 Å². The van der Waals surface area contributed by atoms with Crippen LogP contribution in [0.3, 0.4) is 0 Å². The van der Waals surface area contributed by atoms with Crippen molar-refractivity contribution in [1.82, 2.24) is 10.2 Å². The molecule has 1 aliphatic rings. The molecule has 0 aliphatic carbocycles. The Kier molecular flexibility index (Phi) is 7.59. The maximum Gasteiger partial charge on any atom is 0.220 e. The summed E-state index contributed by atoms with van der Waals surface area (Å²) in [5.41, 5.74) is 0. The normalized spacial score (nSPS) is 17.9. The molecule has 0 aromatic heterocycles. The van der Waals surface area contributed by atoms with Gasteiger partial charge in [0.15, 0.2) is 0 Å². The predicted molar refractivity (Wildman–Crippen MR) is 78.1 cm³/mol. The van der Waals surface area contributed by atoms with Gasteiger partial charge in [0.2, 0.25) is 11.8 Å². The number of piperidine rings is 1. The lowest BCUT2D eigenvalue weighted by molar-refractivity contribution is -0.130. The number of carbonyl (C=O) groups is 2. The smallest absolute Gasteiger partial charge is 0.220 e. The maximum atomic E-state index is 11.8. The number of aliphatic hydroxyl groups excluding tert-OH is 1. The number of hydrogen-bond acceptors (Lipinski definition) is 3. The highest BCUT2D eigenvalue weighted by atomic mass is 16.3. The summed E-state index contributed by atoms with van der Waals surface area (Å²) in [4.78, 5) is 25.0. The van der Waals surface area contributed by atoms with Gasteiger partial charge in [0.05, 0.1) is 0 Å². The second-order valence-corrected chi connectivity index (χ2v) is 5.67. The number of nitrogens with one attached hydrogen (secondary N) is 1. The fourth-order valence-corrected chi connectivity index (χ4v) is 2.71. The number of amides is 2. The lowest BCUT2D eigenvalue weighted by Crippen LogP contribution is -2.38. The van der Waals surface area contributed by atoms with Gasteiger partial charge >= 0.3 is 0 Å². The highest BCUT2D eigenvalue weighted by Crippen LogP contribution is 2.21. The van der Waals surface area contributed by atoms with Crippen molar-refractivity contribution in [3.8, 4) is 0 Å². The minimum absolute atomic E-state index is 0.0827. The zero-order valence-electron chi connectivity index (χ0n) is 12.7. The fraction of sp³-hybridized carbons (Fsp3) is 0.867. The molecule has 5 heteroatoms. The van der Waals surface area contributed by atoms with E-state index in [4.69, 9.17) is 5.11 Å². The third-order valence-corrected chi connectivity index (χ3v) is 4.17. The van der Waals surface area contributed by atoms with Gasteiger partial charge in [-0.2, -0.15) is 0 Å². The summed E-state index contributed by atoms with van der Waals surface area (Å²) in [5, 5.41) is 11.9. The van der Waals surface area contributed by atoms with Crippen molar-refractivity contribution in [3.05, 3.63) is 0 Å². The number of nitrogens with zero attached hydrogens (tertiary/aromatic N) is 1. The lowest BCUT2D eigenvalue weighted by atomic mass is 9.92. The Bertz CT molecular complexity index is 312. The molecular formula is C15H28N2O3. The molecule has 0 aromatic rings. The number of aliphatic hydroxyl groups is 1. The highest BCUT2D eigenvalue weighted by Gasteiger charge is 2.21. The minimum atomic E-state index is 0.0827. The average Bonchev–Trinajstić information content (AvgIpc) is 2.45. The molecular weight excluding hydrogens is 256 g/mol. The Balaban J connectivity index is 2.20. The number of rotatable bonds is 7. The molecule has 2 N–H and O–H groups in total. The second-order valence-electron chi connectivity index (χ2n) is 5.67. The molecule has 0 bridgehead atoms. The van der Waals surface area contributed by atoms with Gasteiger partial charge in [0, 0.05) is 39.1 Å². The van der Waals surface area contributed by atoms with Crippen LogP contribution in [0, 0.1) is 5.92 Å². The molecule has 2 amide bonds. The fourth-order valence-electron chi connectivity index (χ4n) is 2.71. The first-order valence-corrected chi connectivity index (χ1v) is 7.72. The average molecular weight is 284 g/mol. The van der Waals surface area contributed by atoms with Crippen molar-refractivity contribution in [2.24, 2.45) is 5.92 Å². The van der Waals surface area contributed by atoms with Crippen molar-refractivity contribution in [2.75, 3.05) is 19.7 Å². The Labute approximate surface area is 121 Å². The van der Waals surface area contributed by atoms with Crippen molar-refractivity contribution < 1.29 is 14.7 Å². The SMILES string of the molecule is CCC(CCO)NC(=O)CCC1CCN(C(C)=O)CC1. The van der Waals surface area contributed by atoms with Gasteiger partial charge in [-0.15, -0.1) is 0 Å². The number of hydrogen-bond donors (Lipinski definition) is 2. The summed E-state index contributed by atoms with van der Waals surface area (Å²) in [6.45, 7) is 5.38. The van der Waals surface area contributed by atoms with Crippen LogP contribution < -0.4 is 5.32 Å². The molecule has 0 spiro atoms. The van der Waals surface area contributed by atoms with Crippen LogP contribution in [-0.2, 0) is 9.59 Å². The lowest BCUT2D eigenvalue weighted by Gasteiger charge is -2.31. The van der Waals surface area contributed by atoms with E-state index in [1.807, 2.05) is 11.8 Å². The monoisotopic (exact) mass is 284 g/mol. The Morgan fingerprint density at radius 1 is 1.35 bits per heavy atom. The van der Waals surface area contributed by atoms with Gasteiger partial charge in [-0.05, 0) is 38.0 Å². The van der Waals surface area contributed by atoms with Gasteiger partial charge in [-0.3, -0.25) is 9.59 Å². The molecule has 0 radical (unpaired) electrons. The van der Waals surface area contributed by atoms with E-state index >= 15 is 0 Å². The van der Waals surface area contributed by atoms with E-state index in [0.717, 1.165) is 38.8 Å². The first-order chi connectivity index (χ1) is 9.56. The van der Waals surface area contributed by atoms with Gasteiger partial charge in [0.25, 0.3) is 0 Å². The second kappa shape index (κ2) is 8.95. The van der Waals surface area contributed by atoms with Crippen LogP contribution in [0.4, 0.5) is 0 Å². The van der Waals surface area contributed by atoms with Gasteiger partial charge in [-0.25, -0.2) is 0 Å². The molecule has 1 rings (SSSR count). The van der Waals surface area contributed by atoms with E-state index in [0.29, 0.717) is 18.8 Å². The molecule has 1 heterocycles. The van der Waals surface area contributed by atoms with Crippen LogP contribution in [0.5, 0.6) is 0 Å². The Morgan fingerprint density at radius 3 is 2.50 bits per heavy atom. The summed E-state index contributed by atoms with van der Waals surface area (Å²) in [5.74, 6) is 0.782. The largest absolute Gasteiger partial charge is 0.396 e. The summed E-state index contributed by atoms with van der Waals surface area (Å²) < 4.78 is 0. The van der Waals surface area contributed by atoms with Gasteiger partial charge < -0.3 is 15.3 Å². The van der Waals surface area contributed by atoms with Gasteiger partial charge in [-0.1, -0.05) is 6.92 Å². The number of carbonyl (C=O) groups excluding carboxylic acids is 2. The standard InChI is InChI=1S/C15H28N2O3/c1-3-14(8-11-18)16-15(20)5-4-13-6-9-17(10-7-13)12(2)19/h13-14,18H,3-11H2,1-2H3,(H,16,20). The van der Waals surface area contributed by atoms with E-state index < -0.39 is 0 Å². The van der Waals surface area contributed by atoms with E-state index in [1.54, 1.807) is 6.92 Å². The van der Waals surface area contributed by atoms with Crippen LogP contribution in [0.15, 0.2) is 0 Å². The third kappa shape index (κ3) is 5.90. The van der Waals surface area contributed by atoms with Crippen LogP contribution in [0.25, 0.3) is 0 Å². The van der Waals surface area contributed by atoms with Crippen molar-refractivity contribution >= 4 is 11.8 Å². The molecule has 116 valence electrons. The first-order valence-electron chi connectivity index (χ1n) is 7.72. The molecule has 1 saturated heterocycles. The molecule has 20 heavy (non-hydrogen) atoms. The van der Waals surface area contributed by atoms with E-state index in [2.05, 4.69) is 5.32 Å². The Hall–Kier alpha value is -1.10. The molecule has 1 atom stereocenters. The summed E-state index contributed by atoms with van der Waals surface area (Å²) in [7, 11) is 0. The van der Waals surface area contributed by atoms with Gasteiger partial charge in [0.1, 0.15) is 0 Å². The quantitative estimate of drug-likeness (QED) is 0.740. The van der Waals surface area contributed by atoms with Crippen molar-refractivity contribution in [1.29, 1.82) is 0 Å². The topological polar surface area (TPSA) is 69.6 Å². The van der Waals surface area contributed by atoms with E-state index in [9.17, 15) is 9.59 Å². The third-order valence-electron chi connectivity index (χ3n) is 4.17. The van der Waals surface area contributed by atoms with E-state index in [-0.39, 0.29) is 24.5 Å².